The Morgan fingerprint density at radius 2 is 1.93 bits per heavy atom. The van der Waals surface area contributed by atoms with Gasteiger partial charge in [-0.05, 0) is 84.4 Å². The molecule has 2 bridgehead atoms. The van der Waals surface area contributed by atoms with Gasteiger partial charge in [0.05, 0.1) is 12.6 Å². The minimum Gasteiger partial charge on any atom is -0.496 e. The number of carboxylic acid groups (broad SMARTS) is 1. The summed E-state index contributed by atoms with van der Waals surface area (Å²) in [6, 6.07) is 13.2. The normalized spacial score (nSPS) is 22.7. The van der Waals surface area contributed by atoms with Gasteiger partial charge in [0.15, 0.2) is 0 Å². The molecule has 2 heterocycles. The maximum atomic E-state index is 12.0. The first-order chi connectivity index (χ1) is 18.9. The van der Waals surface area contributed by atoms with Crippen LogP contribution in [0.5, 0.6) is 11.5 Å². The van der Waals surface area contributed by atoms with Crippen LogP contribution in [0.4, 0.5) is 4.79 Å². The number of piperazine rings is 1. The summed E-state index contributed by atoms with van der Waals surface area (Å²) in [5.74, 6) is 2.38. The molecule has 3 aliphatic rings. The molecule has 40 heavy (non-hydrogen) atoms. The van der Waals surface area contributed by atoms with Crippen molar-refractivity contribution in [2.75, 3.05) is 26.7 Å². The molecule has 1 aliphatic carbocycles. The zero-order chi connectivity index (χ0) is 28.8. The van der Waals surface area contributed by atoms with Crippen LogP contribution >= 0.6 is 0 Å². The average molecular weight is 547 g/mol. The van der Waals surface area contributed by atoms with Gasteiger partial charge in [-0.3, -0.25) is 9.80 Å². The zero-order valence-electron chi connectivity index (χ0n) is 25.3. The lowest BCUT2D eigenvalue weighted by Gasteiger charge is -2.48. The van der Waals surface area contributed by atoms with Crippen molar-refractivity contribution in [1.29, 1.82) is 0 Å². The van der Waals surface area contributed by atoms with E-state index in [0.29, 0.717) is 25.1 Å². The Balaban J connectivity index is 1.27. The van der Waals surface area contributed by atoms with E-state index in [0.717, 1.165) is 55.8 Å². The first kappa shape index (κ1) is 28.5. The van der Waals surface area contributed by atoms with Crippen LogP contribution in [-0.4, -0.2) is 59.3 Å². The third kappa shape index (κ3) is 5.23. The summed E-state index contributed by atoms with van der Waals surface area (Å²) in [5.41, 5.74) is 7.42. The number of nitrogens with zero attached hydrogens (tertiary/aromatic N) is 2. The topological polar surface area (TPSA) is 62.2 Å². The summed E-state index contributed by atoms with van der Waals surface area (Å²) in [7, 11) is 1.72. The minimum absolute atomic E-state index is 0.103. The molecular weight excluding hydrogens is 500 g/mol. The molecule has 2 aromatic carbocycles. The quantitative estimate of drug-likeness (QED) is 0.385. The fourth-order valence-electron chi connectivity index (χ4n) is 7.21. The largest absolute Gasteiger partial charge is 0.496 e. The molecule has 1 amide bonds. The monoisotopic (exact) mass is 546 g/mol. The average Bonchev–Trinajstić information content (AvgIpc) is 3.47. The van der Waals surface area contributed by atoms with Crippen molar-refractivity contribution in [1.82, 2.24) is 9.80 Å². The smallest absolute Gasteiger partial charge is 0.407 e. The number of rotatable bonds is 8. The predicted octanol–water partition coefficient (Wildman–Crippen LogP) is 7.05. The maximum Gasteiger partial charge on any atom is 0.407 e. The van der Waals surface area contributed by atoms with E-state index >= 15 is 0 Å². The second-order valence-corrected chi connectivity index (χ2v) is 13.5. The SMILES string of the molecule is COc1cc(CC(C)C)ccc1COc1ccc2c(c1)CCC(CN1C[C@@]3(C(C)(C)C)C[C@H]1CN3C(=O)O)=C2C. The molecule has 0 spiro atoms. The maximum absolute atomic E-state index is 12.0. The van der Waals surface area contributed by atoms with Crippen molar-refractivity contribution >= 4 is 11.7 Å². The number of ether oxygens (including phenoxy) is 2. The van der Waals surface area contributed by atoms with Crippen molar-refractivity contribution < 1.29 is 19.4 Å². The number of fused-ring (bicyclic) bond motifs is 3. The third-order valence-corrected chi connectivity index (χ3v) is 9.58. The Morgan fingerprint density at radius 3 is 2.60 bits per heavy atom. The fraction of sp³-hybridized carbons (Fsp3) is 0.559. The molecule has 2 aliphatic heterocycles. The Hall–Kier alpha value is -2.99. The van der Waals surface area contributed by atoms with E-state index in [2.05, 4.69) is 82.8 Å². The van der Waals surface area contributed by atoms with E-state index in [9.17, 15) is 9.90 Å². The van der Waals surface area contributed by atoms with Gasteiger partial charge in [0, 0.05) is 31.2 Å². The zero-order valence-corrected chi connectivity index (χ0v) is 25.3. The Bertz CT molecular complexity index is 1310. The molecule has 2 fully saturated rings. The van der Waals surface area contributed by atoms with Gasteiger partial charge in [-0.25, -0.2) is 4.79 Å². The van der Waals surface area contributed by atoms with Crippen LogP contribution in [0.25, 0.3) is 5.57 Å². The molecule has 2 saturated heterocycles. The van der Waals surface area contributed by atoms with Crippen molar-refractivity contribution in [2.45, 2.75) is 85.4 Å². The van der Waals surface area contributed by atoms with Gasteiger partial charge in [-0.1, -0.05) is 58.4 Å². The molecule has 5 rings (SSSR count). The number of hydrogen-bond donors (Lipinski definition) is 1. The number of hydrogen-bond acceptors (Lipinski definition) is 4. The van der Waals surface area contributed by atoms with Gasteiger partial charge >= 0.3 is 6.09 Å². The lowest BCUT2D eigenvalue weighted by molar-refractivity contribution is 0.00476. The van der Waals surface area contributed by atoms with Gasteiger partial charge < -0.3 is 14.6 Å². The van der Waals surface area contributed by atoms with E-state index in [4.69, 9.17) is 9.47 Å². The van der Waals surface area contributed by atoms with E-state index in [1.165, 1.54) is 27.8 Å². The summed E-state index contributed by atoms with van der Waals surface area (Å²) < 4.78 is 11.9. The molecule has 6 nitrogen and oxygen atoms in total. The van der Waals surface area contributed by atoms with Gasteiger partial charge in [0.25, 0.3) is 0 Å². The summed E-state index contributed by atoms with van der Waals surface area (Å²) in [5, 5.41) is 9.90. The van der Waals surface area contributed by atoms with Gasteiger partial charge in [-0.15, -0.1) is 0 Å². The van der Waals surface area contributed by atoms with Crippen LogP contribution in [0.2, 0.25) is 0 Å². The van der Waals surface area contributed by atoms with Crippen LogP contribution < -0.4 is 9.47 Å². The Kier molecular flexibility index (Phi) is 7.68. The lowest BCUT2D eigenvalue weighted by Crippen LogP contribution is -2.61. The van der Waals surface area contributed by atoms with Gasteiger partial charge in [0.1, 0.15) is 18.1 Å². The highest BCUT2D eigenvalue weighted by Gasteiger charge is 2.61. The van der Waals surface area contributed by atoms with Gasteiger partial charge in [0.2, 0.25) is 0 Å². The molecule has 6 heteroatoms. The third-order valence-electron chi connectivity index (χ3n) is 9.58. The number of carbonyl (C=O) groups is 1. The number of likely N-dealkylation sites (tertiary alicyclic amines) is 2. The van der Waals surface area contributed by atoms with Crippen molar-refractivity contribution in [2.24, 2.45) is 11.3 Å². The highest BCUT2D eigenvalue weighted by atomic mass is 16.5. The number of methoxy groups -OCH3 is 1. The molecule has 0 saturated carbocycles. The second kappa shape index (κ2) is 10.8. The molecule has 2 atom stereocenters. The summed E-state index contributed by atoms with van der Waals surface area (Å²) in [6.45, 7) is 16.1. The van der Waals surface area contributed by atoms with Crippen LogP contribution in [0, 0.1) is 11.3 Å². The minimum atomic E-state index is -0.779. The molecule has 0 radical (unpaired) electrons. The fourth-order valence-corrected chi connectivity index (χ4v) is 7.21. The van der Waals surface area contributed by atoms with Crippen LogP contribution in [-0.2, 0) is 19.4 Å². The van der Waals surface area contributed by atoms with Crippen molar-refractivity contribution in [3.05, 3.63) is 64.2 Å². The molecular formula is C34H46N2O4. The van der Waals surface area contributed by atoms with Gasteiger partial charge in [-0.2, -0.15) is 0 Å². The summed E-state index contributed by atoms with van der Waals surface area (Å²) in [4.78, 5) is 16.3. The lowest BCUT2D eigenvalue weighted by atomic mass is 9.73. The van der Waals surface area contributed by atoms with Crippen molar-refractivity contribution in [3.8, 4) is 11.5 Å². The highest BCUT2D eigenvalue weighted by Crippen LogP contribution is 2.50. The first-order valence-corrected chi connectivity index (χ1v) is 14.8. The molecule has 0 unspecified atom stereocenters. The number of aryl methyl sites for hydroxylation is 1. The summed E-state index contributed by atoms with van der Waals surface area (Å²) in [6.07, 6.45) is 3.21. The van der Waals surface area contributed by atoms with Crippen LogP contribution in [0.15, 0.2) is 42.0 Å². The predicted molar refractivity (Wildman–Crippen MR) is 160 cm³/mol. The standard InChI is InChI=1S/C34H46N2O4/c1-22(2)14-24-8-9-27(31(15-24)39-7)20-40-29-12-13-30-23(3)26(11-10-25(30)16-29)18-35-21-34(33(4,5)6)17-28(35)19-36(34)32(37)38/h8-9,12-13,15-16,22,28H,10-11,14,17-21H2,1-7H3,(H,37,38)/t28-,34+/m0/s1. The second-order valence-electron chi connectivity index (χ2n) is 13.5. The van der Waals surface area contributed by atoms with E-state index in [1.54, 1.807) is 12.0 Å². The van der Waals surface area contributed by atoms with Crippen molar-refractivity contribution in [3.63, 3.8) is 0 Å². The summed E-state index contributed by atoms with van der Waals surface area (Å²) >= 11 is 0. The highest BCUT2D eigenvalue weighted by molar-refractivity contribution is 5.73. The number of amides is 1. The van der Waals surface area contributed by atoms with E-state index in [1.807, 2.05) is 0 Å². The van der Waals surface area contributed by atoms with Crippen LogP contribution in [0.3, 0.4) is 0 Å². The Labute approximate surface area is 240 Å². The van der Waals surface area contributed by atoms with E-state index in [-0.39, 0.29) is 11.0 Å². The number of benzene rings is 2. The Morgan fingerprint density at radius 1 is 1.15 bits per heavy atom. The molecule has 2 aromatic rings. The molecule has 1 N–H and O–H groups in total. The van der Waals surface area contributed by atoms with Crippen LogP contribution in [0.1, 0.15) is 76.6 Å². The molecule has 0 aromatic heterocycles. The van der Waals surface area contributed by atoms with E-state index < -0.39 is 6.09 Å². The molecule has 216 valence electrons. The first-order valence-electron chi connectivity index (χ1n) is 14.8. The number of allylic oxidation sites excluding steroid dienone is 1.